The van der Waals surface area contributed by atoms with Gasteiger partial charge in [0.05, 0.1) is 18.6 Å². The number of amides is 1. The summed E-state index contributed by atoms with van der Waals surface area (Å²) < 4.78 is 69.3. The van der Waals surface area contributed by atoms with Crippen molar-refractivity contribution in [2.24, 2.45) is 0 Å². The summed E-state index contributed by atoms with van der Waals surface area (Å²) in [6.07, 6.45) is -5.77. The van der Waals surface area contributed by atoms with Crippen molar-refractivity contribution < 1.29 is 31.1 Å². The topological polar surface area (TPSA) is 90.3 Å². The maximum absolute atomic E-state index is 12.4. The number of nitrogens with zero attached hydrogens (tertiary/aromatic N) is 2. The van der Waals surface area contributed by atoms with E-state index in [1.807, 2.05) is 0 Å². The molecule has 2 rings (SSSR count). The van der Waals surface area contributed by atoms with Crippen LogP contribution in [0.5, 0.6) is 5.75 Å². The van der Waals surface area contributed by atoms with Crippen molar-refractivity contribution in [1.82, 2.24) is 14.3 Å². The zero-order valence-corrected chi connectivity index (χ0v) is 16.9. The lowest BCUT2D eigenvalue weighted by atomic mass is 10.3. The molecule has 0 fully saturated rings. The summed E-state index contributed by atoms with van der Waals surface area (Å²) in [5, 5.41) is -1.24. The number of ether oxygens (including phenoxy) is 1. The number of carbonyl (C=O) groups excluding carboxylic acids is 1. The van der Waals surface area contributed by atoms with Crippen LogP contribution in [0.25, 0.3) is 0 Å². The van der Waals surface area contributed by atoms with Crippen molar-refractivity contribution in [2.75, 3.05) is 7.11 Å². The number of halogens is 6. The van der Waals surface area contributed by atoms with Crippen LogP contribution in [-0.4, -0.2) is 37.2 Å². The van der Waals surface area contributed by atoms with Crippen molar-refractivity contribution in [3.8, 4) is 5.75 Å². The van der Waals surface area contributed by atoms with Gasteiger partial charge in [-0.3, -0.25) is 4.79 Å². The van der Waals surface area contributed by atoms with Gasteiger partial charge in [0.15, 0.2) is 5.69 Å². The van der Waals surface area contributed by atoms with Crippen LogP contribution in [0.2, 0.25) is 15.5 Å². The highest BCUT2D eigenvalue weighted by Gasteiger charge is 2.30. The third-order valence-corrected chi connectivity index (χ3v) is 5.83. The van der Waals surface area contributed by atoms with Crippen molar-refractivity contribution in [3.63, 3.8) is 0 Å². The van der Waals surface area contributed by atoms with E-state index in [1.165, 1.54) is 19.2 Å². The molecule has 14 heteroatoms. The van der Waals surface area contributed by atoms with Crippen molar-refractivity contribution in [3.05, 3.63) is 39.4 Å². The number of rotatable bonds is 6. The Balaban J connectivity index is 2.30. The van der Waals surface area contributed by atoms with E-state index in [1.54, 1.807) is 4.72 Å². The quantitative estimate of drug-likeness (QED) is 0.677. The number of methoxy groups -OCH3 is 1. The molecule has 0 bridgehead atoms. The van der Waals surface area contributed by atoms with Gasteiger partial charge in [-0.15, -0.1) is 0 Å². The molecule has 1 N–H and O–H groups in total. The third-order valence-electron chi connectivity index (χ3n) is 3.35. The minimum absolute atomic E-state index is 0.162. The van der Waals surface area contributed by atoms with Crippen LogP contribution in [-0.2, 0) is 16.6 Å². The molecule has 1 aromatic heterocycles. The zero-order chi connectivity index (χ0) is 21.3. The normalized spacial score (nSPS) is 12.1. The van der Waals surface area contributed by atoms with Crippen LogP contribution in [0, 0.1) is 0 Å². The molecular weight excluding hydrogens is 470 g/mol. The van der Waals surface area contributed by atoms with E-state index in [0.717, 1.165) is 10.6 Å². The van der Waals surface area contributed by atoms with E-state index >= 15 is 0 Å². The Hall–Kier alpha value is -1.69. The van der Waals surface area contributed by atoms with Gasteiger partial charge in [-0.1, -0.05) is 23.2 Å². The number of benzene rings is 1. The highest BCUT2D eigenvalue weighted by Crippen LogP contribution is 2.28. The third kappa shape index (κ3) is 5.22. The Morgan fingerprint density at radius 3 is 2.50 bits per heavy atom. The van der Waals surface area contributed by atoms with Gasteiger partial charge in [0.2, 0.25) is 5.28 Å². The Morgan fingerprint density at radius 2 is 1.93 bits per heavy atom. The molecule has 0 aliphatic carbocycles. The Kier molecular flexibility index (Phi) is 6.74. The first kappa shape index (κ1) is 22.6. The monoisotopic (exact) mass is 479 g/mol. The van der Waals surface area contributed by atoms with Gasteiger partial charge < -0.3 is 9.30 Å². The molecule has 2 aromatic rings. The molecule has 1 heterocycles. The molecule has 28 heavy (non-hydrogen) atoms. The van der Waals surface area contributed by atoms with E-state index < -0.39 is 56.1 Å². The molecule has 7 nitrogen and oxygen atoms in total. The molecule has 0 saturated heterocycles. The molecule has 0 atom stereocenters. The average Bonchev–Trinajstić information content (AvgIpc) is 2.86. The molecule has 0 saturated carbocycles. The molecule has 1 aromatic carbocycles. The van der Waals surface area contributed by atoms with Crippen molar-refractivity contribution >= 4 is 50.7 Å². The van der Waals surface area contributed by atoms with Gasteiger partial charge in [-0.25, -0.2) is 18.1 Å². The standard InChI is InChI=1S/C14H11Cl3F3N3O4S/c1-27-7-2-3-8(15)9(6-7)28(25,26)22-12(24)10-11(16)23(13(17)21-10)5-4-14(18,19)20/h2-3,6H,4-5H2,1H3,(H,22,24). The average molecular weight is 481 g/mol. The lowest BCUT2D eigenvalue weighted by Crippen LogP contribution is -2.31. The summed E-state index contributed by atoms with van der Waals surface area (Å²) in [5.74, 6) is -1.13. The molecule has 0 spiro atoms. The second-order valence-electron chi connectivity index (χ2n) is 5.27. The largest absolute Gasteiger partial charge is 0.497 e. The number of sulfonamides is 1. The molecule has 1 amide bonds. The van der Waals surface area contributed by atoms with Gasteiger partial charge in [0.1, 0.15) is 15.8 Å². The van der Waals surface area contributed by atoms with E-state index in [9.17, 15) is 26.4 Å². The Bertz CT molecular complexity index is 1010. The molecule has 0 aliphatic heterocycles. The number of aromatic nitrogens is 2. The highest BCUT2D eigenvalue weighted by atomic mass is 35.5. The van der Waals surface area contributed by atoms with E-state index in [4.69, 9.17) is 39.5 Å². The summed E-state index contributed by atoms with van der Waals surface area (Å²) in [6.45, 7) is -0.699. The second-order valence-corrected chi connectivity index (χ2v) is 8.02. The van der Waals surface area contributed by atoms with Gasteiger partial charge in [-0.05, 0) is 23.7 Å². The van der Waals surface area contributed by atoms with Crippen LogP contribution < -0.4 is 9.46 Å². The number of alkyl halides is 3. The number of hydrogen-bond acceptors (Lipinski definition) is 5. The number of imidazole rings is 1. The molecule has 0 radical (unpaired) electrons. The smallest absolute Gasteiger partial charge is 0.390 e. The second kappa shape index (κ2) is 8.36. The SMILES string of the molecule is COc1ccc(Cl)c(S(=O)(=O)NC(=O)c2nc(Cl)n(CCC(F)(F)F)c2Cl)c1. The summed E-state index contributed by atoms with van der Waals surface area (Å²) in [5.41, 5.74) is -0.656. The van der Waals surface area contributed by atoms with E-state index in [0.29, 0.717) is 0 Å². The lowest BCUT2D eigenvalue weighted by Gasteiger charge is -2.10. The summed E-state index contributed by atoms with van der Waals surface area (Å²) in [4.78, 5) is 15.4. The number of nitrogens with one attached hydrogen (secondary N) is 1. The van der Waals surface area contributed by atoms with Gasteiger partial charge >= 0.3 is 6.18 Å². The van der Waals surface area contributed by atoms with Gasteiger partial charge in [-0.2, -0.15) is 13.2 Å². The fourth-order valence-corrected chi connectivity index (χ4v) is 4.08. The van der Waals surface area contributed by atoms with Crippen LogP contribution in [0.1, 0.15) is 16.9 Å². The molecule has 0 unspecified atom stereocenters. The first-order chi connectivity index (χ1) is 12.9. The van der Waals surface area contributed by atoms with Crippen LogP contribution in [0.15, 0.2) is 23.1 Å². The molecule has 154 valence electrons. The minimum Gasteiger partial charge on any atom is -0.497 e. The fraction of sp³-hybridized carbons (Fsp3) is 0.286. The van der Waals surface area contributed by atoms with Gasteiger partial charge in [0.25, 0.3) is 15.9 Å². The first-order valence-electron chi connectivity index (χ1n) is 7.24. The van der Waals surface area contributed by atoms with Gasteiger partial charge in [0, 0.05) is 12.6 Å². The Morgan fingerprint density at radius 1 is 1.29 bits per heavy atom. The van der Waals surface area contributed by atoms with Crippen molar-refractivity contribution in [1.29, 1.82) is 0 Å². The van der Waals surface area contributed by atoms with Crippen LogP contribution >= 0.6 is 34.8 Å². The maximum atomic E-state index is 12.4. The number of carbonyl (C=O) groups is 1. The highest BCUT2D eigenvalue weighted by molar-refractivity contribution is 7.90. The zero-order valence-electron chi connectivity index (χ0n) is 13.8. The van der Waals surface area contributed by atoms with Crippen LogP contribution in [0.3, 0.4) is 0 Å². The summed E-state index contributed by atoms with van der Waals surface area (Å²) in [7, 11) is -3.17. The lowest BCUT2D eigenvalue weighted by molar-refractivity contribution is -0.136. The minimum atomic E-state index is -4.49. The van der Waals surface area contributed by atoms with Crippen molar-refractivity contribution in [2.45, 2.75) is 24.0 Å². The molecule has 0 aliphatic rings. The summed E-state index contributed by atoms with van der Waals surface area (Å²) >= 11 is 17.4. The van der Waals surface area contributed by atoms with Crippen LogP contribution in [0.4, 0.5) is 13.2 Å². The van der Waals surface area contributed by atoms with E-state index in [2.05, 4.69) is 4.98 Å². The maximum Gasteiger partial charge on any atom is 0.390 e. The predicted octanol–water partition coefficient (Wildman–Crippen LogP) is 3.92. The first-order valence-corrected chi connectivity index (χ1v) is 9.86. The fourth-order valence-electron chi connectivity index (χ4n) is 2.02. The number of hydrogen-bond donors (Lipinski definition) is 1. The van der Waals surface area contributed by atoms with E-state index in [-0.39, 0.29) is 10.8 Å². The predicted molar refractivity (Wildman–Crippen MR) is 95.6 cm³/mol. The molecular formula is C14H11Cl3F3N3O4S. The Labute approximate surface area is 172 Å². The summed E-state index contributed by atoms with van der Waals surface area (Å²) in [6, 6.07) is 3.73.